The topological polar surface area (TPSA) is 78.1 Å². The Labute approximate surface area is 158 Å². The van der Waals surface area contributed by atoms with E-state index in [1.165, 1.54) is 0 Å². The molecule has 7 heteroatoms. The smallest absolute Gasteiger partial charge is 0.128 e. The van der Waals surface area contributed by atoms with Crippen molar-refractivity contribution in [1.82, 2.24) is 4.98 Å². The van der Waals surface area contributed by atoms with E-state index < -0.39 is 0 Å². The maximum atomic E-state index is 9.33. The van der Waals surface area contributed by atoms with Crippen LogP contribution in [-0.4, -0.2) is 26.8 Å². The van der Waals surface area contributed by atoms with Gasteiger partial charge in [-0.05, 0) is 59.3 Å². The van der Waals surface area contributed by atoms with Crippen molar-refractivity contribution in [2.24, 2.45) is 10.3 Å². The van der Waals surface area contributed by atoms with Crippen LogP contribution >= 0.6 is 22.7 Å². The number of oxime groups is 2. The Bertz CT molecular complexity index is 881. The molecular formula is C19H15N3O2S2. The Morgan fingerprint density at radius 3 is 1.65 bits per heavy atom. The first-order valence-electron chi connectivity index (χ1n) is 7.65. The first-order chi connectivity index (χ1) is 12.8. The van der Waals surface area contributed by atoms with Crippen LogP contribution in [0, 0.1) is 0 Å². The van der Waals surface area contributed by atoms with Crippen molar-refractivity contribution in [1.29, 1.82) is 0 Å². The molecule has 0 aliphatic heterocycles. The van der Waals surface area contributed by atoms with E-state index in [9.17, 15) is 10.4 Å². The zero-order chi connectivity index (χ0) is 18.2. The highest BCUT2D eigenvalue weighted by molar-refractivity contribution is 7.11. The van der Waals surface area contributed by atoms with Gasteiger partial charge in [0.05, 0.1) is 11.4 Å². The van der Waals surface area contributed by atoms with Gasteiger partial charge in [0, 0.05) is 9.75 Å². The lowest BCUT2D eigenvalue weighted by Gasteiger charge is -2.03. The van der Waals surface area contributed by atoms with Crippen LogP contribution in [-0.2, 0) is 0 Å². The third-order valence-electron chi connectivity index (χ3n) is 3.39. The molecule has 0 amide bonds. The maximum Gasteiger partial charge on any atom is 0.128 e. The average molecular weight is 381 g/mol. The Kier molecular flexibility index (Phi) is 6.08. The molecule has 0 aliphatic carbocycles. The molecule has 3 rings (SSSR count). The minimum absolute atomic E-state index is 0.319. The second-order valence-corrected chi connectivity index (χ2v) is 7.03. The van der Waals surface area contributed by atoms with E-state index in [2.05, 4.69) is 15.3 Å². The molecule has 0 saturated heterocycles. The van der Waals surface area contributed by atoms with Gasteiger partial charge >= 0.3 is 0 Å². The van der Waals surface area contributed by atoms with Gasteiger partial charge in [0.2, 0.25) is 0 Å². The zero-order valence-corrected chi connectivity index (χ0v) is 15.2. The molecule has 0 spiro atoms. The molecule has 0 aliphatic rings. The molecule has 3 heterocycles. The normalized spacial score (nSPS) is 13.1. The van der Waals surface area contributed by atoms with E-state index in [0.29, 0.717) is 22.8 Å². The fourth-order valence-electron chi connectivity index (χ4n) is 2.15. The first-order valence-corrected chi connectivity index (χ1v) is 9.41. The van der Waals surface area contributed by atoms with Crippen LogP contribution < -0.4 is 0 Å². The van der Waals surface area contributed by atoms with Crippen LogP contribution in [0.15, 0.2) is 75.7 Å². The Morgan fingerprint density at radius 2 is 1.27 bits per heavy atom. The van der Waals surface area contributed by atoms with Gasteiger partial charge in [-0.15, -0.1) is 22.7 Å². The zero-order valence-electron chi connectivity index (χ0n) is 13.6. The molecule has 2 N–H and O–H groups in total. The summed E-state index contributed by atoms with van der Waals surface area (Å²) in [5.74, 6) is 0. The third-order valence-corrected chi connectivity index (χ3v) is 5.06. The summed E-state index contributed by atoms with van der Waals surface area (Å²) >= 11 is 3.17. The van der Waals surface area contributed by atoms with E-state index in [4.69, 9.17) is 0 Å². The molecule has 0 unspecified atom stereocenters. The van der Waals surface area contributed by atoms with Crippen molar-refractivity contribution in [2.75, 3.05) is 0 Å². The lowest BCUT2D eigenvalue weighted by Crippen LogP contribution is -2.07. The van der Waals surface area contributed by atoms with Crippen molar-refractivity contribution in [3.63, 3.8) is 0 Å². The molecule has 0 bridgehead atoms. The molecule has 130 valence electrons. The Morgan fingerprint density at radius 1 is 0.769 bits per heavy atom. The molecule has 3 aromatic rings. The van der Waals surface area contributed by atoms with Gasteiger partial charge in [-0.25, -0.2) is 4.98 Å². The summed E-state index contributed by atoms with van der Waals surface area (Å²) in [5.41, 5.74) is 1.59. The molecule has 0 radical (unpaired) electrons. The first kappa shape index (κ1) is 17.8. The molecular weight excluding hydrogens is 366 g/mol. The van der Waals surface area contributed by atoms with Gasteiger partial charge in [-0.3, -0.25) is 0 Å². The number of hydrogen-bond acceptors (Lipinski definition) is 7. The van der Waals surface area contributed by atoms with Crippen molar-refractivity contribution >= 4 is 46.2 Å². The van der Waals surface area contributed by atoms with E-state index >= 15 is 0 Å². The standard InChI is InChI=1S/C19H15N3O2S2/c23-21-18(10-8-14-4-2-12-25-14)16-6-1-7-17(20-16)19(22-24)11-9-15-5-3-13-26-15/h1-13,23-24H/b10-8+,11-9+,21-18-,22-19-. The minimum Gasteiger partial charge on any atom is -0.410 e. The van der Waals surface area contributed by atoms with E-state index in [1.807, 2.05) is 47.2 Å². The quantitative estimate of drug-likeness (QED) is 0.359. The van der Waals surface area contributed by atoms with Gasteiger partial charge in [-0.1, -0.05) is 28.5 Å². The molecule has 0 aromatic carbocycles. The van der Waals surface area contributed by atoms with Crippen LogP contribution in [0.5, 0.6) is 0 Å². The number of hydrogen-bond donors (Lipinski definition) is 2. The summed E-state index contributed by atoms with van der Waals surface area (Å²) in [6.45, 7) is 0. The molecule has 3 aromatic heterocycles. The highest BCUT2D eigenvalue weighted by Gasteiger charge is 2.08. The summed E-state index contributed by atoms with van der Waals surface area (Å²) in [6.07, 6.45) is 7.09. The number of rotatable bonds is 6. The number of aromatic nitrogens is 1. The molecule has 0 saturated carbocycles. The Hall–Kier alpha value is -3.03. The SMILES string of the molecule is O/N=C(/C=C/c1cccs1)c1cccc(C(/C=C/c2cccs2)=N\O)n1. The second-order valence-electron chi connectivity index (χ2n) is 5.08. The van der Waals surface area contributed by atoms with Crippen molar-refractivity contribution in [2.45, 2.75) is 0 Å². The predicted octanol–water partition coefficient (Wildman–Crippen LogP) is 4.99. The Balaban J connectivity index is 1.84. The second kappa shape index (κ2) is 8.89. The fraction of sp³-hybridized carbons (Fsp3) is 0. The summed E-state index contributed by atoms with van der Waals surface area (Å²) in [7, 11) is 0. The molecule has 5 nitrogen and oxygen atoms in total. The van der Waals surface area contributed by atoms with Crippen LogP contribution in [0.4, 0.5) is 0 Å². The molecule has 26 heavy (non-hydrogen) atoms. The lowest BCUT2D eigenvalue weighted by molar-refractivity contribution is 0.319. The lowest BCUT2D eigenvalue weighted by atomic mass is 10.1. The van der Waals surface area contributed by atoms with Crippen molar-refractivity contribution in [3.05, 3.63) is 86.5 Å². The van der Waals surface area contributed by atoms with Gasteiger partial charge in [0.1, 0.15) is 11.4 Å². The van der Waals surface area contributed by atoms with Crippen molar-refractivity contribution in [3.8, 4) is 0 Å². The number of thiophene rings is 2. The summed E-state index contributed by atoms with van der Waals surface area (Å²) in [6, 6.07) is 13.1. The van der Waals surface area contributed by atoms with Crippen LogP contribution in [0.25, 0.3) is 12.2 Å². The average Bonchev–Trinajstić information content (AvgIpc) is 3.37. The van der Waals surface area contributed by atoms with Gasteiger partial charge in [0.25, 0.3) is 0 Å². The summed E-state index contributed by atoms with van der Waals surface area (Å²) in [5, 5.41) is 29.3. The minimum atomic E-state index is 0.319. The van der Waals surface area contributed by atoms with E-state index in [0.717, 1.165) is 9.75 Å². The number of pyridine rings is 1. The van der Waals surface area contributed by atoms with Crippen molar-refractivity contribution < 1.29 is 10.4 Å². The largest absolute Gasteiger partial charge is 0.410 e. The maximum absolute atomic E-state index is 9.33. The van der Waals surface area contributed by atoms with E-state index in [1.54, 1.807) is 53.0 Å². The van der Waals surface area contributed by atoms with Crippen LogP contribution in [0.2, 0.25) is 0 Å². The number of allylic oxidation sites excluding steroid dienone is 2. The monoisotopic (exact) mass is 381 g/mol. The molecule has 0 atom stereocenters. The summed E-state index contributed by atoms with van der Waals surface area (Å²) < 4.78 is 0. The van der Waals surface area contributed by atoms with Gasteiger partial charge in [0.15, 0.2) is 0 Å². The summed E-state index contributed by atoms with van der Waals surface area (Å²) in [4.78, 5) is 6.52. The number of nitrogens with zero attached hydrogens (tertiary/aromatic N) is 3. The van der Waals surface area contributed by atoms with Crippen LogP contribution in [0.3, 0.4) is 0 Å². The van der Waals surface area contributed by atoms with E-state index in [-0.39, 0.29) is 0 Å². The van der Waals surface area contributed by atoms with Crippen LogP contribution in [0.1, 0.15) is 21.1 Å². The highest BCUT2D eigenvalue weighted by Crippen LogP contribution is 2.13. The fourth-order valence-corrected chi connectivity index (χ4v) is 3.39. The third kappa shape index (κ3) is 4.53. The van der Waals surface area contributed by atoms with Gasteiger partial charge < -0.3 is 10.4 Å². The highest BCUT2D eigenvalue weighted by atomic mass is 32.1. The molecule has 0 fully saturated rings. The predicted molar refractivity (Wildman–Crippen MR) is 108 cm³/mol. The van der Waals surface area contributed by atoms with Gasteiger partial charge in [-0.2, -0.15) is 0 Å².